The summed E-state index contributed by atoms with van der Waals surface area (Å²) in [6.07, 6.45) is 24.0. The van der Waals surface area contributed by atoms with Crippen molar-refractivity contribution < 1.29 is 18.9 Å². The monoisotopic (exact) mass is 591 g/mol. The molecule has 0 unspecified atom stereocenters. The third-order valence-electron chi connectivity index (χ3n) is 8.21. The van der Waals surface area contributed by atoms with Crippen molar-refractivity contribution in [3.63, 3.8) is 0 Å². The molecular weight excluding hydrogens is 538 g/mol. The molecule has 236 valence electrons. The fourth-order valence-electron chi connectivity index (χ4n) is 5.72. The van der Waals surface area contributed by atoms with Crippen molar-refractivity contribution >= 4 is 17.1 Å². The SMILES string of the molecule is CCCCCCCCCCCCCCCCC=Cn1c(-c2ccc(OC)cc2)c(OC)c(=O)c2c(OC)cc(OC)cc21. The molecule has 6 nitrogen and oxygen atoms in total. The Balaban J connectivity index is 1.67. The molecule has 0 amide bonds. The first kappa shape index (κ1) is 34.1. The lowest BCUT2D eigenvalue weighted by atomic mass is 10.0. The number of ether oxygens (including phenoxy) is 4. The molecule has 43 heavy (non-hydrogen) atoms. The number of fused-ring (bicyclic) bond motifs is 1. The minimum Gasteiger partial charge on any atom is -0.497 e. The molecular formula is C37H53NO5. The predicted octanol–water partition coefficient (Wildman–Crippen LogP) is 10.0. The van der Waals surface area contributed by atoms with E-state index in [1.807, 2.05) is 41.1 Å². The lowest BCUT2D eigenvalue weighted by Gasteiger charge is -2.19. The van der Waals surface area contributed by atoms with Crippen LogP contribution in [-0.4, -0.2) is 33.0 Å². The summed E-state index contributed by atoms with van der Waals surface area (Å²) in [6, 6.07) is 11.3. The molecule has 0 saturated carbocycles. The number of hydrogen-bond donors (Lipinski definition) is 0. The van der Waals surface area contributed by atoms with E-state index in [-0.39, 0.29) is 11.2 Å². The molecule has 0 radical (unpaired) electrons. The van der Waals surface area contributed by atoms with Crippen molar-refractivity contribution in [2.24, 2.45) is 0 Å². The quantitative estimate of drug-likeness (QED) is 0.115. The maximum atomic E-state index is 13.7. The number of benzene rings is 2. The number of aromatic nitrogens is 1. The molecule has 0 aliphatic heterocycles. The topological polar surface area (TPSA) is 58.9 Å². The molecule has 2 aromatic carbocycles. The Morgan fingerprint density at radius 1 is 0.651 bits per heavy atom. The zero-order valence-corrected chi connectivity index (χ0v) is 27.2. The van der Waals surface area contributed by atoms with Crippen LogP contribution in [0.25, 0.3) is 28.4 Å². The van der Waals surface area contributed by atoms with Crippen LogP contribution in [-0.2, 0) is 0 Å². The first-order chi connectivity index (χ1) is 21.1. The van der Waals surface area contributed by atoms with Gasteiger partial charge in [-0.15, -0.1) is 0 Å². The summed E-state index contributed by atoms with van der Waals surface area (Å²) in [5, 5.41) is 0.457. The zero-order chi connectivity index (χ0) is 30.9. The lowest BCUT2D eigenvalue weighted by Crippen LogP contribution is -2.14. The average molecular weight is 592 g/mol. The number of rotatable bonds is 21. The van der Waals surface area contributed by atoms with Crippen molar-refractivity contribution in [3.8, 4) is 34.3 Å². The van der Waals surface area contributed by atoms with Crippen LogP contribution in [0.2, 0.25) is 0 Å². The van der Waals surface area contributed by atoms with Crippen LogP contribution >= 0.6 is 0 Å². The van der Waals surface area contributed by atoms with E-state index in [0.29, 0.717) is 28.1 Å². The second-order valence-corrected chi connectivity index (χ2v) is 11.3. The summed E-state index contributed by atoms with van der Waals surface area (Å²) in [6.45, 7) is 2.28. The van der Waals surface area contributed by atoms with Gasteiger partial charge in [0.2, 0.25) is 5.43 Å². The smallest absolute Gasteiger partial charge is 0.235 e. The van der Waals surface area contributed by atoms with Crippen LogP contribution in [0.5, 0.6) is 23.0 Å². The molecule has 0 N–H and O–H groups in total. The molecule has 0 atom stereocenters. The normalized spacial score (nSPS) is 11.4. The van der Waals surface area contributed by atoms with Crippen LogP contribution < -0.4 is 24.4 Å². The largest absolute Gasteiger partial charge is 0.497 e. The second kappa shape index (κ2) is 19.0. The van der Waals surface area contributed by atoms with E-state index in [1.165, 1.54) is 90.6 Å². The van der Waals surface area contributed by atoms with Crippen molar-refractivity contribution in [3.05, 3.63) is 52.7 Å². The molecule has 3 rings (SSSR count). The van der Waals surface area contributed by atoms with Crippen molar-refractivity contribution in [2.45, 2.75) is 103 Å². The fourth-order valence-corrected chi connectivity index (χ4v) is 5.72. The highest BCUT2D eigenvalue weighted by Crippen LogP contribution is 2.37. The van der Waals surface area contributed by atoms with Gasteiger partial charge in [0.1, 0.15) is 17.2 Å². The fraction of sp³-hybridized carbons (Fsp3) is 0.541. The van der Waals surface area contributed by atoms with Gasteiger partial charge < -0.3 is 23.5 Å². The van der Waals surface area contributed by atoms with Gasteiger partial charge in [0.15, 0.2) is 5.75 Å². The van der Waals surface area contributed by atoms with Gasteiger partial charge in [-0.3, -0.25) is 4.79 Å². The van der Waals surface area contributed by atoms with Crippen LogP contribution in [0.1, 0.15) is 103 Å². The van der Waals surface area contributed by atoms with Gasteiger partial charge in [-0.2, -0.15) is 0 Å². The first-order valence-corrected chi connectivity index (χ1v) is 16.3. The molecule has 0 saturated heterocycles. The van der Waals surface area contributed by atoms with E-state index >= 15 is 0 Å². The molecule has 6 heteroatoms. The Bertz CT molecular complexity index is 1330. The number of allylic oxidation sites excluding steroid dienone is 1. The van der Waals surface area contributed by atoms with Gasteiger partial charge >= 0.3 is 0 Å². The van der Waals surface area contributed by atoms with E-state index in [2.05, 4.69) is 13.0 Å². The van der Waals surface area contributed by atoms with Crippen molar-refractivity contribution in [1.82, 2.24) is 4.57 Å². The Kier molecular flexibility index (Phi) is 15.1. The van der Waals surface area contributed by atoms with Gasteiger partial charge in [0.25, 0.3) is 0 Å². The van der Waals surface area contributed by atoms with E-state index < -0.39 is 0 Å². The molecule has 0 fully saturated rings. The summed E-state index contributed by atoms with van der Waals surface area (Å²) < 4.78 is 24.3. The van der Waals surface area contributed by atoms with Crippen LogP contribution in [0.15, 0.2) is 47.3 Å². The highest BCUT2D eigenvalue weighted by Gasteiger charge is 2.22. The third kappa shape index (κ3) is 9.80. The van der Waals surface area contributed by atoms with Gasteiger partial charge in [-0.05, 0) is 37.1 Å². The molecule has 0 aliphatic carbocycles. The summed E-state index contributed by atoms with van der Waals surface area (Å²) in [7, 11) is 6.35. The first-order valence-electron chi connectivity index (χ1n) is 16.3. The second-order valence-electron chi connectivity index (χ2n) is 11.3. The van der Waals surface area contributed by atoms with Gasteiger partial charge in [-0.1, -0.05) is 96.5 Å². The number of pyridine rings is 1. The highest BCUT2D eigenvalue weighted by atomic mass is 16.5. The maximum Gasteiger partial charge on any atom is 0.235 e. The maximum absolute atomic E-state index is 13.7. The molecule has 0 aliphatic rings. The molecule has 1 heterocycles. The minimum atomic E-state index is -0.223. The highest BCUT2D eigenvalue weighted by molar-refractivity contribution is 5.93. The molecule has 0 spiro atoms. The Labute approximate surface area is 259 Å². The summed E-state index contributed by atoms with van der Waals surface area (Å²) in [4.78, 5) is 13.7. The number of nitrogens with zero attached hydrogens (tertiary/aromatic N) is 1. The summed E-state index contributed by atoms with van der Waals surface area (Å²) >= 11 is 0. The van der Waals surface area contributed by atoms with E-state index in [1.54, 1.807) is 27.4 Å². The van der Waals surface area contributed by atoms with Gasteiger partial charge in [-0.25, -0.2) is 0 Å². The molecule has 1 aromatic heterocycles. The van der Waals surface area contributed by atoms with Crippen LogP contribution in [0, 0.1) is 0 Å². The number of hydrogen-bond acceptors (Lipinski definition) is 5. The van der Waals surface area contributed by atoms with E-state index in [4.69, 9.17) is 18.9 Å². The van der Waals surface area contributed by atoms with Crippen LogP contribution in [0.3, 0.4) is 0 Å². The number of methoxy groups -OCH3 is 4. The third-order valence-corrected chi connectivity index (χ3v) is 8.21. The summed E-state index contributed by atoms with van der Waals surface area (Å²) in [5.41, 5.74) is 2.00. The van der Waals surface area contributed by atoms with Gasteiger partial charge in [0, 0.05) is 23.9 Å². The van der Waals surface area contributed by atoms with Crippen LogP contribution in [0.4, 0.5) is 0 Å². The Hall–Kier alpha value is -3.41. The van der Waals surface area contributed by atoms with Crippen molar-refractivity contribution in [2.75, 3.05) is 28.4 Å². The van der Waals surface area contributed by atoms with E-state index in [0.717, 1.165) is 24.2 Å². The Morgan fingerprint density at radius 3 is 1.72 bits per heavy atom. The zero-order valence-electron chi connectivity index (χ0n) is 27.2. The average Bonchev–Trinajstić information content (AvgIpc) is 3.04. The Morgan fingerprint density at radius 2 is 1.21 bits per heavy atom. The summed E-state index contributed by atoms with van der Waals surface area (Å²) in [5.74, 6) is 2.08. The molecule has 0 bridgehead atoms. The lowest BCUT2D eigenvalue weighted by molar-refractivity contribution is 0.396. The minimum absolute atomic E-state index is 0.223. The standard InChI is InChI=1S/C37H53NO5/c1-6-7-8-9-10-11-12-13-14-15-16-17-18-19-20-21-26-38-32-27-31(41-3)28-33(42-4)34(32)36(39)37(43-5)35(38)29-22-24-30(40-2)25-23-29/h21-28H,6-20H2,1-5H3. The predicted molar refractivity (Wildman–Crippen MR) is 180 cm³/mol. The molecule has 3 aromatic rings. The number of unbranched alkanes of at least 4 members (excludes halogenated alkanes) is 14. The van der Waals surface area contributed by atoms with Gasteiger partial charge in [0.05, 0.1) is 45.0 Å². The van der Waals surface area contributed by atoms with Crippen molar-refractivity contribution in [1.29, 1.82) is 0 Å². The van der Waals surface area contributed by atoms with E-state index in [9.17, 15) is 4.79 Å².